The SMILES string of the molecule is CC(C)CCN(c1nc(C(=O)O)cs1)C1CCCC1. The average Bonchev–Trinajstić information content (AvgIpc) is 2.98. The van der Waals surface area contributed by atoms with Crippen molar-refractivity contribution < 1.29 is 9.90 Å². The van der Waals surface area contributed by atoms with Crippen LogP contribution in [0.15, 0.2) is 5.38 Å². The molecule has 1 aliphatic carbocycles. The van der Waals surface area contributed by atoms with Gasteiger partial charge in [-0.1, -0.05) is 26.7 Å². The summed E-state index contributed by atoms with van der Waals surface area (Å²) in [7, 11) is 0. The summed E-state index contributed by atoms with van der Waals surface area (Å²) in [4.78, 5) is 17.6. The number of aromatic carboxylic acids is 1. The zero-order chi connectivity index (χ0) is 13.8. The van der Waals surface area contributed by atoms with Crippen molar-refractivity contribution in [2.75, 3.05) is 11.4 Å². The van der Waals surface area contributed by atoms with E-state index in [9.17, 15) is 4.79 Å². The van der Waals surface area contributed by atoms with Gasteiger partial charge in [0, 0.05) is 18.0 Å². The van der Waals surface area contributed by atoms with E-state index in [1.165, 1.54) is 37.0 Å². The van der Waals surface area contributed by atoms with Gasteiger partial charge in [0.1, 0.15) is 0 Å². The van der Waals surface area contributed by atoms with Crippen LogP contribution in [0.25, 0.3) is 0 Å². The number of hydrogen-bond donors (Lipinski definition) is 1. The number of carbonyl (C=O) groups is 1. The van der Waals surface area contributed by atoms with E-state index in [0.29, 0.717) is 12.0 Å². The number of aromatic nitrogens is 1. The summed E-state index contributed by atoms with van der Waals surface area (Å²) < 4.78 is 0. The molecule has 1 aromatic rings. The lowest BCUT2D eigenvalue weighted by atomic mass is 10.1. The van der Waals surface area contributed by atoms with Crippen molar-refractivity contribution >= 4 is 22.4 Å². The Morgan fingerprint density at radius 3 is 2.74 bits per heavy atom. The van der Waals surface area contributed by atoms with Crippen molar-refractivity contribution in [1.29, 1.82) is 0 Å². The van der Waals surface area contributed by atoms with E-state index < -0.39 is 5.97 Å². The molecule has 1 aromatic heterocycles. The fourth-order valence-corrected chi connectivity index (χ4v) is 3.44. The first-order valence-electron chi connectivity index (χ1n) is 7.03. The van der Waals surface area contributed by atoms with Crippen molar-refractivity contribution in [3.8, 4) is 0 Å². The monoisotopic (exact) mass is 282 g/mol. The molecule has 0 amide bonds. The molecule has 1 N–H and O–H groups in total. The van der Waals surface area contributed by atoms with Gasteiger partial charge < -0.3 is 10.0 Å². The van der Waals surface area contributed by atoms with E-state index in [2.05, 4.69) is 23.7 Å². The van der Waals surface area contributed by atoms with Gasteiger partial charge >= 0.3 is 5.97 Å². The Morgan fingerprint density at radius 2 is 2.21 bits per heavy atom. The molecule has 0 saturated heterocycles. The number of carboxylic acid groups (broad SMARTS) is 1. The van der Waals surface area contributed by atoms with Crippen LogP contribution in [0.1, 0.15) is 56.4 Å². The van der Waals surface area contributed by atoms with Crippen LogP contribution >= 0.6 is 11.3 Å². The van der Waals surface area contributed by atoms with Crippen LogP contribution in [-0.2, 0) is 0 Å². The fraction of sp³-hybridized carbons (Fsp3) is 0.714. The predicted molar refractivity (Wildman–Crippen MR) is 78.1 cm³/mol. The molecule has 1 fully saturated rings. The highest BCUT2D eigenvalue weighted by atomic mass is 32.1. The van der Waals surface area contributed by atoms with E-state index in [0.717, 1.165) is 18.1 Å². The zero-order valence-electron chi connectivity index (χ0n) is 11.6. The minimum atomic E-state index is -0.933. The smallest absolute Gasteiger partial charge is 0.355 e. The first kappa shape index (κ1) is 14.3. The molecule has 1 aliphatic rings. The van der Waals surface area contributed by atoms with Crippen LogP contribution in [0, 0.1) is 5.92 Å². The van der Waals surface area contributed by atoms with Crippen molar-refractivity contribution in [3.05, 3.63) is 11.1 Å². The third kappa shape index (κ3) is 3.69. The fourth-order valence-electron chi connectivity index (χ4n) is 2.54. The van der Waals surface area contributed by atoms with Crippen molar-refractivity contribution in [3.63, 3.8) is 0 Å². The van der Waals surface area contributed by atoms with Gasteiger partial charge in [-0.25, -0.2) is 9.78 Å². The number of anilines is 1. The summed E-state index contributed by atoms with van der Waals surface area (Å²) in [6.45, 7) is 5.42. The molecule has 5 heteroatoms. The van der Waals surface area contributed by atoms with Gasteiger partial charge in [-0.2, -0.15) is 0 Å². The Bertz CT molecular complexity index is 425. The second-order valence-corrected chi connectivity index (χ2v) is 6.47. The summed E-state index contributed by atoms with van der Waals surface area (Å²) in [6, 6.07) is 0.548. The third-order valence-electron chi connectivity index (χ3n) is 3.67. The lowest BCUT2D eigenvalue weighted by Gasteiger charge is -2.29. The van der Waals surface area contributed by atoms with E-state index in [-0.39, 0.29) is 5.69 Å². The Balaban J connectivity index is 2.12. The molecular formula is C14H22N2O2S. The number of carboxylic acids is 1. The molecule has 19 heavy (non-hydrogen) atoms. The van der Waals surface area contributed by atoms with Gasteiger partial charge in [0.05, 0.1) is 0 Å². The van der Waals surface area contributed by atoms with E-state index >= 15 is 0 Å². The normalized spacial score (nSPS) is 16.2. The minimum Gasteiger partial charge on any atom is -0.476 e. The summed E-state index contributed by atoms with van der Waals surface area (Å²) in [5.74, 6) is -0.277. The lowest BCUT2D eigenvalue weighted by Crippen LogP contribution is -2.34. The predicted octanol–water partition coefficient (Wildman–Crippen LogP) is 3.64. The molecule has 0 bridgehead atoms. The molecule has 0 aromatic carbocycles. The average molecular weight is 282 g/mol. The molecule has 1 saturated carbocycles. The summed E-state index contributed by atoms with van der Waals surface area (Å²) in [5.41, 5.74) is 0.174. The number of rotatable bonds is 6. The maximum Gasteiger partial charge on any atom is 0.355 e. The minimum absolute atomic E-state index is 0.174. The van der Waals surface area contributed by atoms with Crippen LogP contribution in [0.4, 0.5) is 5.13 Å². The third-order valence-corrected chi connectivity index (χ3v) is 4.55. The molecule has 1 heterocycles. The van der Waals surface area contributed by atoms with Gasteiger partial charge in [-0.15, -0.1) is 11.3 Å². The summed E-state index contributed by atoms with van der Waals surface area (Å²) in [5, 5.41) is 11.5. The first-order chi connectivity index (χ1) is 9.08. The Morgan fingerprint density at radius 1 is 1.53 bits per heavy atom. The number of thiazole rings is 1. The standard InChI is InChI=1S/C14H22N2O2S/c1-10(2)7-8-16(11-5-3-4-6-11)14-15-12(9-19-14)13(17)18/h9-11H,3-8H2,1-2H3,(H,17,18). The summed E-state index contributed by atoms with van der Waals surface area (Å²) in [6.07, 6.45) is 6.10. The second kappa shape index (κ2) is 6.37. The molecule has 0 radical (unpaired) electrons. The Labute approximate surface area is 118 Å². The molecular weight excluding hydrogens is 260 g/mol. The maximum absolute atomic E-state index is 10.9. The lowest BCUT2D eigenvalue weighted by molar-refractivity contribution is 0.0691. The molecule has 0 aliphatic heterocycles. The molecule has 106 valence electrons. The second-order valence-electron chi connectivity index (χ2n) is 5.63. The zero-order valence-corrected chi connectivity index (χ0v) is 12.4. The van der Waals surface area contributed by atoms with Crippen LogP contribution in [-0.4, -0.2) is 28.6 Å². The van der Waals surface area contributed by atoms with E-state index in [1.54, 1.807) is 5.38 Å². The molecule has 2 rings (SSSR count). The first-order valence-corrected chi connectivity index (χ1v) is 7.91. The molecule has 0 unspecified atom stereocenters. The van der Waals surface area contributed by atoms with Crippen molar-refractivity contribution in [2.24, 2.45) is 5.92 Å². The Kier molecular flexibility index (Phi) is 4.80. The highest BCUT2D eigenvalue weighted by molar-refractivity contribution is 7.13. The van der Waals surface area contributed by atoms with Gasteiger partial charge in [0.25, 0.3) is 0 Å². The summed E-state index contributed by atoms with van der Waals surface area (Å²) >= 11 is 1.46. The van der Waals surface area contributed by atoms with Gasteiger partial charge in [-0.3, -0.25) is 0 Å². The highest BCUT2D eigenvalue weighted by Crippen LogP contribution is 2.31. The van der Waals surface area contributed by atoms with Gasteiger partial charge in [0.15, 0.2) is 10.8 Å². The quantitative estimate of drug-likeness (QED) is 0.865. The molecule has 0 spiro atoms. The van der Waals surface area contributed by atoms with Crippen LogP contribution in [0.5, 0.6) is 0 Å². The van der Waals surface area contributed by atoms with E-state index in [4.69, 9.17) is 5.11 Å². The van der Waals surface area contributed by atoms with Crippen molar-refractivity contribution in [2.45, 2.75) is 52.0 Å². The van der Waals surface area contributed by atoms with Gasteiger partial charge in [-0.05, 0) is 25.2 Å². The van der Waals surface area contributed by atoms with Crippen LogP contribution in [0.3, 0.4) is 0 Å². The Hall–Kier alpha value is -1.10. The number of nitrogens with zero attached hydrogens (tertiary/aromatic N) is 2. The maximum atomic E-state index is 10.9. The van der Waals surface area contributed by atoms with Crippen molar-refractivity contribution in [1.82, 2.24) is 4.98 Å². The largest absolute Gasteiger partial charge is 0.476 e. The molecule has 4 nitrogen and oxygen atoms in total. The van der Waals surface area contributed by atoms with E-state index in [1.807, 2.05) is 0 Å². The van der Waals surface area contributed by atoms with Crippen LogP contribution in [0.2, 0.25) is 0 Å². The highest BCUT2D eigenvalue weighted by Gasteiger charge is 2.25. The van der Waals surface area contributed by atoms with Gasteiger partial charge in [0.2, 0.25) is 0 Å². The molecule has 0 atom stereocenters. The topological polar surface area (TPSA) is 53.4 Å². The van der Waals surface area contributed by atoms with Crippen LogP contribution < -0.4 is 4.90 Å². The number of hydrogen-bond acceptors (Lipinski definition) is 4.